The van der Waals surface area contributed by atoms with E-state index < -0.39 is 5.82 Å². The van der Waals surface area contributed by atoms with Crippen LogP contribution in [0.25, 0.3) is 0 Å². The minimum absolute atomic E-state index is 0.203. The highest BCUT2D eigenvalue weighted by molar-refractivity contribution is 7.80. The van der Waals surface area contributed by atoms with Crippen molar-refractivity contribution in [3.8, 4) is 0 Å². The molecular formula is C11H13Cl2FN2S. The Morgan fingerprint density at radius 1 is 1.35 bits per heavy atom. The van der Waals surface area contributed by atoms with E-state index in [1.807, 2.05) is 0 Å². The minimum Gasteiger partial charge on any atom is -0.362 e. The summed E-state index contributed by atoms with van der Waals surface area (Å²) < 4.78 is 12.9. The third-order valence-corrected chi connectivity index (χ3v) is 2.90. The van der Waals surface area contributed by atoms with Gasteiger partial charge in [-0.25, -0.2) is 4.39 Å². The molecule has 0 aliphatic carbocycles. The molecule has 0 aliphatic rings. The third-order valence-electron chi connectivity index (χ3n) is 2.06. The largest absolute Gasteiger partial charge is 0.362 e. The fourth-order valence-corrected chi connectivity index (χ4v) is 1.96. The number of hydrogen-bond donors (Lipinski definition) is 2. The molecule has 0 radical (unpaired) electrons. The van der Waals surface area contributed by atoms with Gasteiger partial charge in [0.25, 0.3) is 0 Å². The molecule has 94 valence electrons. The van der Waals surface area contributed by atoms with Gasteiger partial charge in [-0.3, -0.25) is 0 Å². The highest BCUT2D eigenvalue weighted by Crippen LogP contribution is 2.31. The van der Waals surface area contributed by atoms with E-state index in [1.54, 1.807) is 0 Å². The second-order valence-corrected chi connectivity index (χ2v) is 4.70. The van der Waals surface area contributed by atoms with Crippen molar-refractivity contribution in [2.75, 3.05) is 11.9 Å². The van der Waals surface area contributed by atoms with Gasteiger partial charge >= 0.3 is 0 Å². The van der Waals surface area contributed by atoms with Crippen molar-refractivity contribution in [3.05, 3.63) is 28.0 Å². The van der Waals surface area contributed by atoms with Gasteiger partial charge in [-0.05, 0) is 30.8 Å². The van der Waals surface area contributed by atoms with Gasteiger partial charge in [0.15, 0.2) is 5.11 Å². The lowest BCUT2D eigenvalue weighted by Gasteiger charge is -2.12. The summed E-state index contributed by atoms with van der Waals surface area (Å²) in [5, 5.41) is 6.70. The Morgan fingerprint density at radius 2 is 1.94 bits per heavy atom. The SMILES string of the molecule is CCCCNC(=S)Nc1c(Cl)cc(F)cc1Cl. The van der Waals surface area contributed by atoms with Gasteiger partial charge in [0, 0.05) is 6.54 Å². The van der Waals surface area contributed by atoms with E-state index in [1.165, 1.54) is 12.1 Å². The molecule has 0 atom stereocenters. The maximum Gasteiger partial charge on any atom is 0.170 e. The molecule has 0 saturated heterocycles. The Hall–Kier alpha value is -0.580. The smallest absolute Gasteiger partial charge is 0.170 e. The van der Waals surface area contributed by atoms with E-state index in [-0.39, 0.29) is 10.0 Å². The fourth-order valence-electron chi connectivity index (χ4n) is 1.20. The normalized spacial score (nSPS) is 10.1. The van der Waals surface area contributed by atoms with Crippen LogP contribution in [0.15, 0.2) is 12.1 Å². The highest BCUT2D eigenvalue weighted by Gasteiger charge is 2.09. The zero-order valence-corrected chi connectivity index (χ0v) is 11.6. The van der Waals surface area contributed by atoms with Crippen molar-refractivity contribution in [1.29, 1.82) is 0 Å². The van der Waals surface area contributed by atoms with Crippen molar-refractivity contribution >= 4 is 46.2 Å². The Kier molecular flexibility index (Phi) is 5.95. The van der Waals surface area contributed by atoms with Gasteiger partial charge < -0.3 is 10.6 Å². The monoisotopic (exact) mass is 294 g/mol. The first-order valence-corrected chi connectivity index (χ1v) is 6.40. The molecule has 0 saturated carbocycles. The second kappa shape index (κ2) is 6.99. The van der Waals surface area contributed by atoms with Crippen LogP contribution in [0.5, 0.6) is 0 Å². The molecule has 2 N–H and O–H groups in total. The van der Waals surface area contributed by atoms with Crippen LogP contribution < -0.4 is 10.6 Å². The van der Waals surface area contributed by atoms with Gasteiger partial charge in [0.2, 0.25) is 0 Å². The Balaban J connectivity index is 2.65. The van der Waals surface area contributed by atoms with E-state index >= 15 is 0 Å². The van der Waals surface area contributed by atoms with Crippen LogP contribution >= 0.6 is 35.4 Å². The van der Waals surface area contributed by atoms with Gasteiger partial charge in [-0.1, -0.05) is 36.5 Å². The number of benzene rings is 1. The number of rotatable bonds is 4. The molecule has 0 amide bonds. The zero-order chi connectivity index (χ0) is 12.8. The van der Waals surface area contributed by atoms with Gasteiger partial charge in [-0.15, -0.1) is 0 Å². The first-order valence-electron chi connectivity index (χ1n) is 5.24. The maximum absolute atomic E-state index is 12.9. The predicted molar refractivity (Wildman–Crippen MR) is 75.6 cm³/mol. The molecule has 1 aromatic rings. The quantitative estimate of drug-likeness (QED) is 0.642. The summed E-state index contributed by atoms with van der Waals surface area (Å²) in [6.45, 7) is 2.87. The molecule has 0 fully saturated rings. The molecule has 0 unspecified atom stereocenters. The maximum atomic E-state index is 12.9. The highest BCUT2D eigenvalue weighted by atomic mass is 35.5. The van der Waals surface area contributed by atoms with E-state index in [4.69, 9.17) is 35.4 Å². The summed E-state index contributed by atoms with van der Waals surface area (Å²) in [6, 6.07) is 2.37. The van der Waals surface area contributed by atoms with Crippen molar-refractivity contribution < 1.29 is 4.39 Å². The zero-order valence-electron chi connectivity index (χ0n) is 9.32. The van der Waals surface area contributed by atoms with Gasteiger partial charge in [0.05, 0.1) is 15.7 Å². The topological polar surface area (TPSA) is 24.1 Å². The first kappa shape index (κ1) is 14.5. The van der Waals surface area contributed by atoms with Crippen LogP contribution in [0.2, 0.25) is 10.0 Å². The van der Waals surface area contributed by atoms with Crippen LogP contribution in [0.3, 0.4) is 0 Å². The number of anilines is 1. The van der Waals surface area contributed by atoms with Gasteiger partial charge in [0.1, 0.15) is 5.82 Å². The lowest BCUT2D eigenvalue weighted by atomic mass is 10.3. The number of nitrogens with one attached hydrogen (secondary N) is 2. The molecule has 0 bridgehead atoms. The lowest BCUT2D eigenvalue weighted by molar-refractivity contribution is 0.628. The standard InChI is InChI=1S/C11H13Cl2FN2S/c1-2-3-4-15-11(17)16-10-8(12)5-7(14)6-9(10)13/h5-6H,2-4H2,1H3,(H2,15,16,17). The summed E-state index contributed by atoms with van der Waals surface area (Å²) in [7, 11) is 0. The number of halogens is 3. The van der Waals surface area contributed by atoms with Crippen LogP contribution in [-0.4, -0.2) is 11.7 Å². The summed E-state index contributed by atoms with van der Waals surface area (Å²) in [5.41, 5.74) is 0.420. The van der Waals surface area contributed by atoms with Crippen molar-refractivity contribution in [2.24, 2.45) is 0 Å². The summed E-state index contributed by atoms with van der Waals surface area (Å²) in [5.74, 6) is -0.476. The molecule has 0 spiro atoms. The fraction of sp³-hybridized carbons (Fsp3) is 0.364. The molecule has 1 rings (SSSR count). The summed E-state index contributed by atoms with van der Waals surface area (Å²) in [4.78, 5) is 0. The van der Waals surface area contributed by atoms with E-state index in [2.05, 4.69) is 17.6 Å². The first-order chi connectivity index (χ1) is 8.04. The van der Waals surface area contributed by atoms with Gasteiger partial charge in [-0.2, -0.15) is 0 Å². The second-order valence-electron chi connectivity index (χ2n) is 3.48. The van der Waals surface area contributed by atoms with E-state index in [0.717, 1.165) is 19.4 Å². The molecule has 2 nitrogen and oxygen atoms in total. The van der Waals surface area contributed by atoms with Crippen LogP contribution in [0.1, 0.15) is 19.8 Å². The number of unbranched alkanes of at least 4 members (excludes halogenated alkanes) is 1. The molecule has 17 heavy (non-hydrogen) atoms. The average Bonchev–Trinajstić information content (AvgIpc) is 2.24. The van der Waals surface area contributed by atoms with E-state index in [9.17, 15) is 4.39 Å². The summed E-state index contributed by atoms with van der Waals surface area (Å²) in [6.07, 6.45) is 2.10. The molecule has 6 heteroatoms. The molecular weight excluding hydrogens is 282 g/mol. The van der Waals surface area contributed by atoms with Crippen LogP contribution in [0, 0.1) is 5.82 Å². The van der Waals surface area contributed by atoms with Crippen molar-refractivity contribution in [3.63, 3.8) is 0 Å². The van der Waals surface area contributed by atoms with E-state index in [0.29, 0.717) is 10.8 Å². The minimum atomic E-state index is -0.476. The third kappa shape index (κ3) is 4.66. The predicted octanol–water partition coefficient (Wildman–Crippen LogP) is 4.22. The Labute approximate surface area is 115 Å². The molecule has 0 aromatic heterocycles. The molecule has 1 aromatic carbocycles. The van der Waals surface area contributed by atoms with Crippen LogP contribution in [0.4, 0.5) is 10.1 Å². The Morgan fingerprint density at radius 3 is 2.47 bits per heavy atom. The average molecular weight is 295 g/mol. The molecule has 0 heterocycles. The van der Waals surface area contributed by atoms with Crippen molar-refractivity contribution in [1.82, 2.24) is 5.32 Å². The number of hydrogen-bond acceptors (Lipinski definition) is 1. The van der Waals surface area contributed by atoms with Crippen molar-refractivity contribution in [2.45, 2.75) is 19.8 Å². The Bertz CT molecular complexity index is 389. The van der Waals surface area contributed by atoms with Crippen LogP contribution in [-0.2, 0) is 0 Å². The number of thiocarbonyl (C=S) groups is 1. The lowest BCUT2D eigenvalue weighted by Crippen LogP contribution is -2.29. The molecule has 0 aliphatic heterocycles. The summed E-state index contributed by atoms with van der Waals surface area (Å²) >= 11 is 16.8.